The maximum absolute atomic E-state index is 13.3. The second-order valence-corrected chi connectivity index (χ2v) is 10.4. The molecule has 0 spiro atoms. The smallest absolute Gasteiger partial charge is 0.338 e. The minimum atomic E-state index is -0.475. The minimum absolute atomic E-state index is 0.0228. The number of carbonyl (C=O) groups excluding carboxylic acids is 3. The lowest BCUT2D eigenvalue weighted by Crippen LogP contribution is -2.29. The van der Waals surface area contributed by atoms with Gasteiger partial charge in [0.15, 0.2) is 0 Å². The molecule has 0 saturated carbocycles. The van der Waals surface area contributed by atoms with E-state index in [1.807, 2.05) is 13.8 Å². The molecule has 1 atom stereocenters. The number of thiophene rings is 1. The van der Waals surface area contributed by atoms with Crippen molar-refractivity contribution in [3.63, 3.8) is 0 Å². The summed E-state index contributed by atoms with van der Waals surface area (Å²) in [6.45, 7) is 7.25. The van der Waals surface area contributed by atoms with Crippen molar-refractivity contribution in [3.05, 3.63) is 75.7 Å². The van der Waals surface area contributed by atoms with Gasteiger partial charge in [-0.1, -0.05) is 6.92 Å². The first-order valence-electron chi connectivity index (χ1n) is 13.3. The molecular weight excluding hydrogens is 516 g/mol. The standard InChI is InChI=1S/C30H34N2O6S/c1-4-36-22-11-7-20(8-12-22)27(33)32-29-26(24-15-6-19(3)18-25(24)39-29)28(34)31-16-17-38-30(35)21-9-13-23(14-10-21)37-5-2/h7-14,19H,4-6,15-18H2,1-3H3,(H,31,34)(H,32,33). The Morgan fingerprint density at radius 2 is 1.51 bits per heavy atom. The first-order valence-corrected chi connectivity index (χ1v) is 14.1. The van der Waals surface area contributed by atoms with Crippen LogP contribution in [0.15, 0.2) is 48.5 Å². The number of anilines is 1. The number of rotatable bonds is 11. The van der Waals surface area contributed by atoms with E-state index in [0.29, 0.717) is 52.3 Å². The van der Waals surface area contributed by atoms with Crippen LogP contribution >= 0.6 is 11.3 Å². The Morgan fingerprint density at radius 1 is 0.897 bits per heavy atom. The Kier molecular flexibility index (Phi) is 9.59. The molecule has 0 aliphatic heterocycles. The second kappa shape index (κ2) is 13.3. The van der Waals surface area contributed by atoms with E-state index in [2.05, 4.69) is 17.6 Å². The third kappa shape index (κ3) is 7.17. The van der Waals surface area contributed by atoms with Gasteiger partial charge in [0.25, 0.3) is 11.8 Å². The van der Waals surface area contributed by atoms with Gasteiger partial charge in [0.2, 0.25) is 0 Å². The van der Waals surface area contributed by atoms with Crippen molar-refractivity contribution in [2.75, 3.05) is 31.7 Å². The van der Waals surface area contributed by atoms with Crippen LogP contribution in [-0.2, 0) is 17.6 Å². The molecule has 3 aromatic rings. The van der Waals surface area contributed by atoms with Gasteiger partial charge in [0.05, 0.1) is 30.9 Å². The fourth-order valence-electron chi connectivity index (χ4n) is 4.46. The number of esters is 1. The molecule has 2 N–H and O–H groups in total. The monoisotopic (exact) mass is 550 g/mol. The van der Waals surface area contributed by atoms with Gasteiger partial charge in [-0.15, -0.1) is 11.3 Å². The molecule has 8 nitrogen and oxygen atoms in total. The van der Waals surface area contributed by atoms with Crippen LogP contribution in [0.3, 0.4) is 0 Å². The number of amides is 2. The van der Waals surface area contributed by atoms with E-state index < -0.39 is 5.97 Å². The highest BCUT2D eigenvalue weighted by atomic mass is 32.1. The van der Waals surface area contributed by atoms with Crippen molar-refractivity contribution < 1.29 is 28.6 Å². The summed E-state index contributed by atoms with van der Waals surface area (Å²) in [4.78, 5) is 39.8. The Morgan fingerprint density at radius 3 is 2.13 bits per heavy atom. The maximum atomic E-state index is 13.3. The third-order valence-corrected chi connectivity index (χ3v) is 7.58. The van der Waals surface area contributed by atoms with E-state index in [0.717, 1.165) is 29.7 Å². The molecule has 1 aromatic heterocycles. The number of ether oxygens (including phenoxy) is 3. The van der Waals surface area contributed by atoms with Crippen LogP contribution in [0.4, 0.5) is 5.00 Å². The molecule has 4 rings (SSSR count). The highest BCUT2D eigenvalue weighted by Crippen LogP contribution is 2.40. The van der Waals surface area contributed by atoms with E-state index in [1.54, 1.807) is 48.5 Å². The van der Waals surface area contributed by atoms with Gasteiger partial charge in [0.1, 0.15) is 23.1 Å². The van der Waals surface area contributed by atoms with Crippen LogP contribution < -0.4 is 20.1 Å². The van der Waals surface area contributed by atoms with Gasteiger partial charge in [0, 0.05) is 10.4 Å². The highest BCUT2D eigenvalue weighted by Gasteiger charge is 2.28. The van der Waals surface area contributed by atoms with Gasteiger partial charge < -0.3 is 24.8 Å². The summed E-state index contributed by atoms with van der Waals surface area (Å²) in [5.74, 6) is 0.837. The van der Waals surface area contributed by atoms with E-state index in [4.69, 9.17) is 14.2 Å². The molecule has 0 radical (unpaired) electrons. The molecule has 206 valence electrons. The van der Waals surface area contributed by atoms with E-state index in [9.17, 15) is 14.4 Å². The predicted octanol–water partition coefficient (Wildman–Crippen LogP) is 5.51. The summed E-state index contributed by atoms with van der Waals surface area (Å²) in [6, 6.07) is 13.6. The van der Waals surface area contributed by atoms with Crippen molar-refractivity contribution >= 4 is 34.1 Å². The molecule has 1 aliphatic carbocycles. The number of hydrogen-bond donors (Lipinski definition) is 2. The van der Waals surface area contributed by atoms with E-state index in [1.165, 1.54) is 11.3 Å². The van der Waals surface area contributed by atoms with Gasteiger partial charge in [-0.25, -0.2) is 4.79 Å². The van der Waals surface area contributed by atoms with Gasteiger partial charge >= 0.3 is 5.97 Å². The SMILES string of the molecule is CCOc1ccc(C(=O)Nc2sc3c(c2C(=O)NCCOC(=O)c2ccc(OCC)cc2)CCC(C)C3)cc1. The molecule has 39 heavy (non-hydrogen) atoms. The number of hydrogen-bond acceptors (Lipinski definition) is 7. The lowest BCUT2D eigenvalue weighted by molar-refractivity contribution is 0.0503. The molecule has 0 fully saturated rings. The van der Waals surface area contributed by atoms with Crippen LogP contribution in [0.2, 0.25) is 0 Å². The van der Waals surface area contributed by atoms with Crippen LogP contribution in [0, 0.1) is 5.92 Å². The first kappa shape index (κ1) is 28.2. The number of carbonyl (C=O) groups is 3. The fourth-order valence-corrected chi connectivity index (χ4v) is 5.86. The summed E-state index contributed by atoms with van der Waals surface area (Å²) in [6.07, 6.45) is 2.64. The van der Waals surface area contributed by atoms with Crippen molar-refractivity contribution in [2.45, 2.75) is 40.0 Å². The molecule has 1 heterocycles. The molecule has 0 bridgehead atoms. The summed E-state index contributed by atoms with van der Waals surface area (Å²) >= 11 is 1.46. The van der Waals surface area contributed by atoms with Gasteiger partial charge in [-0.3, -0.25) is 9.59 Å². The van der Waals surface area contributed by atoms with Crippen LogP contribution in [0.1, 0.15) is 68.7 Å². The van der Waals surface area contributed by atoms with Crippen molar-refractivity contribution in [2.24, 2.45) is 5.92 Å². The largest absolute Gasteiger partial charge is 0.494 e. The zero-order valence-corrected chi connectivity index (χ0v) is 23.3. The molecule has 1 aliphatic rings. The number of benzene rings is 2. The quantitative estimate of drug-likeness (QED) is 0.241. The van der Waals surface area contributed by atoms with Crippen LogP contribution in [0.25, 0.3) is 0 Å². The van der Waals surface area contributed by atoms with Crippen molar-refractivity contribution in [1.29, 1.82) is 0 Å². The summed E-state index contributed by atoms with van der Waals surface area (Å²) in [5, 5.41) is 6.35. The highest BCUT2D eigenvalue weighted by molar-refractivity contribution is 7.17. The number of nitrogens with one attached hydrogen (secondary N) is 2. The van der Waals surface area contributed by atoms with Gasteiger partial charge in [-0.05, 0) is 93.1 Å². The Hall–Kier alpha value is -3.85. The zero-order valence-electron chi connectivity index (χ0n) is 22.5. The van der Waals surface area contributed by atoms with Crippen LogP contribution in [-0.4, -0.2) is 44.1 Å². The summed E-state index contributed by atoms with van der Waals surface area (Å²) in [5.41, 5.74) is 2.37. The molecular formula is C30H34N2O6S. The lowest BCUT2D eigenvalue weighted by Gasteiger charge is -2.18. The topological polar surface area (TPSA) is 103 Å². The zero-order chi connectivity index (χ0) is 27.8. The Bertz CT molecular complexity index is 1300. The van der Waals surface area contributed by atoms with Crippen molar-refractivity contribution in [1.82, 2.24) is 5.32 Å². The normalized spacial score (nSPS) is 14.2. The second-order valence-electron chi connectivity index (χ2n) is 9.32. The minimum Gasteiger partial charge on any atom is -0.494 e. The molecule has 2 aromatic carbocycles. The molecule has 0 saturated heterocycles. The average Bonchev–Trinajstić information content (AvgIpc) is 3.28. The van der Waals surface area contributed by atoms with Crippen LogP contribution in [0.5, 0.6) is 11.5 Å². The predicted molar refractivity (Wildman–Crippen MR) is 151 cm³/mol. The van der Waals surface area contributed by atoms with E-state index in [-0.39, 0.29) is 25.0 Å². The summed E-state index contributed by atoms with van der Waals surface area (Å²) < 4.78 is 16.2. The number of fused-ring (bicyclic) bond motifs is 1. The fraction of sp³-hybridized carbons (Fsp3) is 0.367. The lowest BCUT2D eigenvalue weighted by atomic mass is 9.88. The van der Waals surface area contributed by atoms with Gasteiger partial charge in [-0.2, -0.15) is 0 Å². The maximum Gasteiger partial charge on any atom is 0.338 e. The first-order chi connectivity index (χ1) is 18.9. The summed E-state index contributed by atoms with van der Waals surface area (Å²) in [7, 11) is 0. The molecule has 9 heteroatoms. The van der Waals surface area contributed by atoms with E-state index >= 15 is 0 Å². The van der Waals surface area contributed by atoms with Crippen molar-refractivity contribution in [3.8, 4) is 11.5 Å². The average molecular weight is 551 g/mol. The Balaban J connectivity index is 1.40. The Labute approximate surface area is 232 Å². The molecule has 2 amide bonds. The molecule has 1 unspecified atom stereocenters. The third-order valence-electron chi connectivity index (χ3n) is 6.42.